The number of hydrogen-bond donors (Lipinski definition) is 2. The molecule has 1 aromatic heterocycles. The standard InChI is InChI=1S/C11H18N6O3/c1-7(8(18)19-2)13-10-14-9(12)15-11(16-10)17-3-5-20-6-4-17/h7H,3-6H2,1-2H3,(H3,12,13,14,15,16). The van der Waals surface area contributed by atoms with Crippen molar-refractivity contribution in [3.05, 3.63) is 0 Å². The molecule has 1 aliphatic rings. The van der Waals surface area contributed by atoms with Crippen LogP contribution in [0.5, 0.6) is 0 Å². The lowest BCUT2D eigenvalue weighted by Gasteiger charge is -2.27. The number of morpholine rings is 1. The fourth-order valence-corrected chi connectivity index (χ4v) is 1.78. The summed E-state index contributed by atoms with van der Waals surface area (Å²) in [6, 6.07) is -0.570. The molecule has 0 bridgehead atoms. The number of esters is 1. The van der Waals surface area contributed by atoms with E-state index in [1.54, 1.807) is 6.92 Å². The summed E-state index contributed by atoms with van der Waals surface area (Å²) in [7, 11) is 1.32. The highest BCUT2D eigenvalue weighted by atomic mass is 16.5. The average Bonchev–Trinajstić information content (AvgIpc) is 2.46. The van der Waals surface area contributed by atoms with Gasteiger partial charge in [-0.15, -0.1) is 0 Å². The smallest absolute Gasteiger partial charge is 0.328 e. The Hall–Kier alpha value is -2.16. The molecular formula is C11H18N6O3. The number of nitrogens with two attached hydrogens (primary N) is 1. The summed E-state index contributed by atoms with van der Waals surface area (Å²) in [5, 5.41) is 2.84. The van der Waals surface area contributed by atoms with Crippen LogP contribution in [-0.4, -0.2) is 60.4 Å². The van der Waals surface area contributed by atoms with Crippen molar-refractivity contribution >= 4 is 23.8 Å². The van der Waals surface area contributed by atoms with Gasteiger partial charge in [-0.3, -0.25) is 0 Å². The van der Waals surface area contributed by atoms with Gasteiger partial charge in [0.15, 0.2) is 0 Å². The molecule has 0 aliphatic carbocycles. The molecule has 9 nitrogen and oxygen atoms in total. The normalized spacial score (nSPS) is 16.6. The van der Waals surface area contributed by atoms with E-state index in [2.05, 4.69) is 25.0 Å². The van der Waals surface area contributed by atoms with Gasteiger partial charge in [-0.2, -0.15) is 15.0 Å². The van der Waals surface area contributed by atoms with E-state index < -0.39 is 12.0 Å². The summed E-state index contributed by atoms with van der Waals surface area (Å²) in [5.74, 6) is 0.412. The molecular weight excluding hydrogens is 264 g/mol. The summed E-state index contributed by atoms with van der Waals surface area (Å²) in [6.45, 7) is 4.27. The molecule has 1 aromatic rings. The van der Waals surface area contributed by atoms with Crippen LogP contribution < -0.4 is 16.0 Å². The number of rotatable bonds is 4. The Kier molecular flexibility index (Phi) is 4.51. The number of nitrogens with zero attached hydrogens (tertiary/aromatic N) is 4. The third-order valence-corrected chi connectivity index (χ3v) is 2.84. The molecule has 1 saturated heterocycles. The van der Waals surface area contributed by atoms with Crippen LogP contribution in [0.4, 0.5) is 17.8 Å². The predicted molar refractivity (Wildman–Crippen MR) is 72.4 cm³/mol. The van der Waals surface area contributed by atoms with Crippen LogP contribution in [0.15, 0.2) is 0 Å². The second-order valence-corrected chi connectivity index (χ2v) is 4.31. The van der Waals surface area contributed by atoms with Gasteiger partial charge in [-0.25, -0.2) is 4.79 Å². The van der Waals surface area contributed by atoms with E-state index in [1.165, 1.54) is 7.11 Å². The van der Waals surface area contributed by atoms with E-state index >= 15 is 0 Å². The number of carbonyl (C=O) groups excluding carboxylic acids is 1. The van der Waals surface area contributed by atoms with Crippen molar-refractivity contribution in [2.24, 2.45) is 0 Å². The Morgan fingerprint density at radius 1 is 1.40 bits per heavy atom. The van der Waals surface area contributed by atoms with Crippen LogP contribution in [0.2, 0.25) is 0 Å². The minimum Gasteiger partial charge on any atom is -0.467 e. The molecule has 9 heteroatoms. The number of nitrogens with one attached hydrogen (secondary N) is 1. The molecule has 1 aliphatic heterocycles. The average molecular weight is 282 g/mol. The maximum atomic E-state index is 11.4. The quantitative estimate of drug-likeness (QED) is 0.689. The van der Waals surface area contributed by atoms with Gasteiger partial charge in [0.2, 0.25) is 17.8 Å². The first-order valence-corrected chi connectivity index (χ1v) is 6.28. The van der Waals surface area contributed by atoms with Gasteiger partial charge in [0.05, 0.1) is 20.3 Å². The van der Waals surface area contributed by atoms with Crippen molar-refractivity contribution in [1.29, 1.82) is 0 Å². The van der Waals surface area contributed by atoms with Crippen molar-refractivity contribution in [3.8, 4) is 0 Å². The van der Waals surface area contributed by atoms with Gasteiger partial charge in [0, 0.05) is 13.1 Å². The zero-order valence-corrected chi connectivity index (χ0v) is 11.5. The zero-order valence-electron chi connectivity index (χ0n) is 11.5. The first-order valence-electron chi connectivity index (χ1n) is 6.28. The third-order valence-electron chi connectivity index (χ3n) is 2.84. The van der Waals surface area contributed by atoms with Crippen LogP contribution >= 0.6 is 0 Å². The van der Waals surface area contributed by atoms with E-state index in [1.807, 2.05) is 4.90 Å². The summed E-state index contributed by atoms with van der Waals surface area (Å²) < 4.78 is 9.90. The summed E-state index contributed by atoms with van der Waals surface area (Å²) in [4.78, 5) is 25.7. The zero-order chi connectivity index (χ0) is 14.5. The minimum atomic E-state index is -0.570. The Bertz CT molecular complexity index is 477. The lowest BCUT2D eigenvalue weighted by atomic mass is 10.3. The Morgan fingerprint density at radius 2 is 2.10 bits per heavy atom. The Morgan fingerprint density at radius 3 is 2.75 bits per heavy atom. The Balaban J connectivity index is 2.13. The largest absolute Gasteiger partial charge is 0.467 e. The van der Waals surface area contributed by atoms with Gasteiger partial charge in [-0.05, 0) is 6.92 Å². The van der Waals surface area contributed by atoms with E-state index in [4.69, 9.17) is 10.5 Å². The van der Waals surface area contributed by atoms with Crippen LogP contribution in [0.3, 0.4) is 0 Å². The predicted octanol–water partition coefficient (Wildman–Crippen LogP) is -0.736. The third kappa shape index (κ3) is 3.44. The van der Waals surface area contributed by atoms with E-state index in [0.29, 0.717) is 32.3 Å². The maximum Gasteiger partial charge on any atom is 0.328 e. The first-order chi connectivity index (χ1) is 9.60. The highest BCUT2D eigenvalue weighted by molar-refractivity contribution is 5.78. The van der Waals surface area contributed by atoms with Crippen LogP contribution in [-0.2, 0) is 14.3 Å². The summed E-state index contributed by atoms with van der Waals surface area (Å²) in [6.07, 6.45) is 0. The summed E-state index contributed by atoms with van der Waals surface area (Å²) in [5.41, 5.74) is 5.67. The molecule has 0 aromatic carbocycles. The van der Waals surface area contributed by atoms with Gasteiger partial charge >= 0.3 is 5.97 Å². The van der Waals surface area contributed by atoms with Crippen molar-refractivity contribution < 1.29 is 14.3 Å². The molecule has 20 heavy (non-hydrogen) atoms. The molecule has 2 heterocycles. The molecule has 0 saturated carbocycles. The fraction of sp³-hybridized carbons (Fsp3) is 0.636. The number of carbonyl (C=O) groups is 1. The monoisotopic (exact) mass is 282 g/mol. The summed E-state index contributed by atoms with van der Waals surface area (Å²) >= 11 is 0. The molecule has 0 amide bonds. The van der Waals surface area contributed by atoms with Crippen molar-refractivity contribution in [1.82, 2.24) is 15.0 Å². The van der Waals surface area contributed by atoms with Gasteiger partial charge in [0.25, 0.3) is 0 Å². The highest BCUT2D eigenvalue weighted by Gasteiger charge is 2.18. The van der Waals surface area contributed by atoms with Crippen molar-refractivity contribution in [2.45, 2.75) is 13.0 Å². The van der Waals surface area contributed by atoms with Gasteiger partial charge in [-0.1, -0.05) is 0 Å². The molecule has 1 atom stereocenters. The van der Waals surface area contributed by atoms with E-state index in [9.17, 15) is 4.79 Å². The topological polar surface area (TPSA) is 115 Å². The highest BCUT2D eigenvalue weighted by Crippen LogP contribution is 2.14. The molecule has 1 fully saturated rings. The molecule has 110 valence electrons. The van der Waals surface area contributed by atoms with Crippen LogP contribution in [0.25, 0.3) is 0 Å². The van der Waals surface area contributed by atoms with Crippen molar-refractivity contribution in [2.75, 3.05) is 49.4 Å². The number of methoxy groups -OCH3 is 1. The minimum absolute atomic E-state index is 0.0982. The second kappa shape index (κ2) is 6.33. The molecule has 3 N–H and O–H groups in total. The van der Waals surface area contributed by atoms with Gasteiger partial charge < -0.3 is 25.4 Å². The maximum absolute atomic E-state index is 11.4. The molecule has 0 radical (unpaired) electrons. The lowest BCUT2D eigenvalue weighted by molar-refractivity contribution is -0.141. The van der Waals surface area contributed by atoms with Crippen LogP contribution in [0.1, 0.15) is 6.92 Å². The number of ether oxygens (including phenoxy) is 2. The Labute approximate surface area is 116 Å². The SMILES string of the molecule is COC(=O)C(C)Nc1nc(N)nc(N2CCOCC2)n1. The van der Waals surface area contributed by atoms with Crippen molar-refractivity contribution in [3.63, 3.8) is 0 Å². The fourth-order valence-electron chi connectivity index (χ4n) is 1.78. The number of hydrogen-bond acceptors (Lipinski definition) is 9. The van der Waals surface area contributed by atoms with Crippen LogP contribution in [0, 0.1) is 0 Å². The van der Waals surface area contributed by atoms with E-state index in [0.717, 1.165) is 0 Å². The number of anilines is 3. The molecule has 0 spiro atoms. The number of aromatic nitrogens is 3. The van der Waals surface area contributed by atoms with E-state index in [-0.39, 0.29) is 11.9 Å². The molecule has 1 unspecified atom stereocenters. The number of nitrogen functional groups attached to an aromatic ring is 1. The first kappa shape index (κ1) is 14.3. The molecule has 2 rings (SSSR count). The van der Waals surface area contributed by atoms with Gasteiger partial charge in [0.1, 0.15) is 6.04 Å². The lowest BCUT2D eigenvalue weighted by Crippen LogP contribution is -2.38. The second-order valence-electron chi connectivity index (χ2n) is 4.31.